The molecule has 5 nitrogen and oxygen atoms in total. The van der Waals surface area contributed by atoms with Gasteiger partial charge in [-0.15, -0.1) is 0 Å². The molecule has 6 heteroatoms. The van der Waals surface area contributed by atoms with Gasteiger partial charge in [0, 0.05) is 21.4 Å². The van der Waals surface area contributed by atoms with E-state index in [1.807, 2.05) is 18.2 Å². The van der Waals surface area contributed by atoms with Crippen molar-refractivity contribution >= 4 is 34.1 Å². The number of hydrogen-bond acceptors (Lipinski definition) is 4. The van der Waals surface area contributed by atoms with Crippen LogP contribution in [0.15, 0.2) is 53.7 Å². The molecule has 0 radical (unpaired) electrons. The third-order valence-electron chi connectivity index (χ3n) is 2.82. The fraction of sp³-hybridized carbons (Fsp3) is 0.133. The third-order valence-corrected chi connectivity index (χ3v) is 3.76. The van der Waals surface area contributed by atoms with Crippen LogP contribution >= 0.6 is 22.6 Å². The van der Waals surface area contributed by atoms with E-state index in [9.17, 15) is 0 Å². The van der Waals surface area contributed by atoms with Crippen LogP contribution in [0.2, 0.25) is 0 Å². The van der Waals surface area contributed by atoms with E-state index >= 15 is 0 Å². The Bertz CT molecular complexity index is 615. The van der Waals surface area contributed by atoms with Gasteiger partial charge in [-0.3, -0.25) is 0 Å². The Hall–Kier alpha value is -1.96. The van der Waals surface area contributed by atoms with Gasteiger partial charge in [-0.1, -0.05) is 17.3 Å². The van der Waals surface area contributed by atoms with Gasteiger partial charge in [0.2, 0.25) is 0 Å². The van der Waals surface area contributed by atoms with Crippen molar-refractivity contribution in [3.05, 3.63) is 57.7 Å². The fourth-order valence-corrected chi connectivity index (χ4v) is 2.32. The van der Waals surface area contributed by atoms with Crippen LogP contribution in [0.25, 0.3) is 0 Å². The summed E-state index contributed by atoms with van der Waals surface area (Å²) in [6, 6.07) is 15.2. The first-order valence-electron chi connectivity index (χ1n) is 6.40. The number of nitrogens with two attached hydrogens (primary N) is 1. The molecule has 0 amide bonds. The minimum atomic E-state index is 0.0851. The Morgan fingerprint density at radius 2 is 1.90 bits per heavy atom. The second-order valence-corrected chi connectivity index (χ2v) is 5.43. The van der Waals surface area contributed by atoms with Crippen LogP contribution in [-0.4, -0.2) is 24.2 Å². The molecule has 4 N–H and O–H groups in total. The highest BCUT2D eigenvalue weighted by Crippen LogP contribution is 2.16. The van der Waals surface area contributed by atoms with Gasteiger partial charge in [0.1, 0.15) is 12.4 Å². The first-order valence-corrected chi connectivity index (χ1v) is 7.48. The molecule has 110 valence electrons. The number of oxime groups is 1. The van der Waals surface area contributed by atoms with E-state index in [4.69, 9.17) is 15.7 Å². The molecule has 2 aromatic carbocycles. The number of amidine groups is 1. The Morgan fingerprint density at radius 3 is 2.57 bits per heavy atom. The van der Waals surface area contributed by atoms with Crippen molar-refractivity contribution in [1.29, 1.82) is 0 Å². The lowest BCUT2D eigenvalue weighted by Gasteiger charge is -2.10. The van der Waals surface area contributed by atoms with E-state index in [1.54, 1.807) is 24.3 Å². The van der Waals surface area contributed by atoms with E-state index < -0.39 is 0 Å². The average molecular weight is 397 g/mol. The summed E-state index contributed by atoms with van der Waals surface area (Å²) >= 11 is 2.29. The molecule has 2 rings (SSSR count). The maximum Gasteiger partial charge on any atom is 0.170 e. The SMILES string of the molecule is NC(=NO)c1ccc(OCCNc2ccccc2I)cc1. The molecule has 21 heavy (non-hydrogen) atoms. The van der Waals surface area contributed by atoms with Crippen LogP contribution in [0.3, 0.4) is 0 Å². The monoisotopic (exact) mass is 397 g/mol. The van der Waals surface area contributed by atoms with Crippen LogP contribution in [0, 0.1) is 3.57 Å². The Balaban J connectivity index is 1.80. The molecule has 0 aliphatic carbocycles. The molecule has 0 heterocycles. The number of nitrogens with zero attached hydrogens (tertiary/aromatic N) is 1. The molecule has 0 aromatic heterocycles. The van der Waals surface area contributed by atoms with E-state index in [2.05, 4.69) is 39.1 Å². The van der Waals surface area contributed by atoms with Gasteiger partial charge < -0.3 is 21.0 Å². The normalized spacial score (nSPS) is 11.2. The summed E-state index contributed by atoms with van der Waals surface area (Å²) in [5.41, 5.74) is 7.25. The molecule has 0 saturated heterocycles. The number of anilines is 1. The van der Waals surface area contributed by atoms with E-state index in [1.165, 1.54) is 3.57 Å². The molecular formula is C15H16IN3O2. The zero-order valence-corrected chi connectivity index (χ0v) is 13.4. The standard InChI is InChI=1S/C15H16IN3O2/c16-13-3-1-2-4-14(13)18-9-10-21-12-7-5-11(6-8-12)15(17)19-20/h1-8,18,20H,9-10H2,(H2,17,19). The molecule has 0 aliphatic rings. The number of benzene rings is 2. The quantitative estimate of drug-likeness (QED) is 0.175. The molecule has 2 aromatic rings. The molecule has 0 aliphatic heterocycles. The molecule has 0 saturated carbocycles. The first-order chi connectivity index (χ1) is 10.2. The lowest BCUT2D eigenvalue weighted by Crippen LogP contribution is -2.13. The van der Waals surface area contributed by atoms with E-state index in [0.29, 0.717) is 18.7 Å². The van der Waals surface area contributed by atoms with Crippen molar-refractivity contribution in [1.82, 2.24) is 0 Å². The summed E-state index contributed by atoms with van der Waals surface area (Å²) in [6.45, 7) is 1.26. The van der Waals surface area contributed by atoms with Crippen molar-refractivity contribution in [3.8, 4) is 5.75 Å². The molecule has 0 unspecified atom stereocenters. The highest BCUT2D eigenvalue weighted by molar-refractivity contribution is 14.1. The minimum absolute atomic E-state index is 0.0851. The van der Waals surface area contributed by atoms with E-state index in [-0.39, 0.29) is 5.84 Å². The van der Waals surface area contributed by atoms with Gasteiger partial charge in [0.05, 0.1) is 0 Å². The Kier molecular flexibility index (Phi) is 5.68. The van der Waals surface area contributed by atoms with Crippen LogP contribution in [0.1, 0.15) is 5.56 Å². The number of nitrogens with one attached hydrogen (secondary N) is 1. The van der Waals surface area contributed by atoms with Gasteiger partial charge >= 0.3 is 0 Å². The predicted molar refractivity (Wildman–Crippen MR) is 92.1 cm³/mol. The van der Waals surface area contributed by atoms with Crippen molar-refractivity contribution in [2.75, 3.05) is 18.5 Å². The maximum atomic E-state index is 8.58. The van der Waals surface area contributed by atoms with Crippen LogP contribution in [0.5, 0.6) is 5.75 Å². The Morgan fingerprint density at radius 1 is 1.19 bits per heavy atom. The largest absolute Gasteiger partial charge is 0.492 e. The Labute approximate surface area is 136 Å². The van der Waals surface area contributed by atoms with Crippen molar-refractivity contribution in [2.45, 2.75) is 0 Å². The highest BCUT2D eigenvalue weighted by atomic mass is 127. The minimum Gasteiger partial charge on any atom is -0.492 e. The molecule has 0 fully saturated rings. The predicted octanol–water partition coefficient (Wildman–Crippen LogP) is 2.88. The molecule has 0 spiro atoms. The second kappa shape index (κ2) is 7.72. The molecule has 0 atom stereocenters. The van der Waals surface area contributed by atoms with Gasteiger partial charge in [-0.05, 0) is 59.0 Å². The van der Waals surface area contributed by atoms with Gasteiger partial charge in [-0.2, -0.15) is 0 Å². The van der Waals surface area contributed by atoms with Crippen molar-refractivity contribution < 1.29 is 9.94 Å². The summed E-state index contributed by atoms with van der Waals surface area (Å²) in [5.74, 6) is 0.830. The number of halogens is 1. The summed E-state index contributed by atoms with van der Waals surface area (Å²) in [7, 11) is 0. The number of rotatable bonds is 6. The summed E-state index contributed by atoms with van der Waals surface area (Å²) in [6.07, 6.45) is 0. The second-order valence-electron chi connectivity index (χ2n) is 4.26. The van der Waals surface area contributed by atoms with Crippen molar-refractivity contribution in [2.24, 2.45) is 10.9 Å². The topological polar surface area (TPSA) is 79.9 Å². The third kappa shape index (κ3) is 4.52. The summed E-state index contributed by atoms with van der Waals surface area (Å²) in [4.78, 5) is 0. The molecular weight excluding hydrogens is 381 g/mol. The van der Waals surface area contributed by atoms with Crippen LogP contribution < -0.4 is 15.8 Å². The highest BCUT2D eigenvalue weighted by Gasteiger charge is 2.00. The summed E-state index contributed by atoms with van der Waals surface area (Å²) < 4.78 is 6.81. The zero-order chi connectivity index (χ0) is 15.1. The first kappa shape index (κ1) is 15.4. The fourth-order valence-electron chi connectivity index (χ4n) is 1.74. The number of hydrogen-bond donors (Lipinski definition) is 3. The number of para-hydroxylation sites is 1. The number of ether oxygens (including phenoxy) is 1. The van der Waals surface area contributed by atoms with Crippen LogP contribution in [0.4, 0.5) is 5.69 Å². The smallest absolute Gasteiger partial charge is 0.170 e. The lowest BCUT2D eigenvalue weighted by molar-refractivity contribution is 0.318. The average Bonchev–Trinajstić information content (AvgIpc) is 2.53. The van der Waals surface area contributed by atoms with Gasteiger partial charge in [-0.25, -0.2) is 0 Å². The lowest BCUT2D eigenvalue weighted by atomic mass is 10.2. The van der Waals surface area contributed by atoms with Crippen LogP contribution in [-0.2, 0) is 0 Å². The molecule has 0 bridgehead atoms. The van der Waals surface area contributed by atoms with Crippen molar-refractivity contribution in [3.63, 3.8) is 0 Å². The van der Waals surface area contributed by atoms with E-state index in [0.717, 1.165) is 11.4 Å². The van der Waals surface area contributed by atoms with Gasteiger partial charge in [0.15, 0.2) is 5.84 Å². The summed E-state index contributed by atoms with van der Waals surface area (Å²) in [5, 5.41) is 14.9. The zero-order valence-electron chi connectivity index (χ0n) is 11.3. The maximum absolute atomic E-state index is 8.58. The van der Waals surface area contributed by atoms with Gasteiger partial charge in [0.25, 0.3) is 0 Å².